The molecule has 29 heavy (non-hydrogen) atoms. The molecule has 9 heteroatoms. The zero-order chi connectivity index (χ0) is 19.7. The van der Waals surface area contributed by atoms with Crippen molar-refractivity contribution in [3.05, 3.63) is 59.2 Å². The first-order valence-electron chi connectivity index (χ1n) is 9.04. The highest BCUT2D eigenvalue weighted by Gasteiger charge is 2.33. The van der Waals surface area contributed by atoms with Gasteiger partial charge in [-0.05, 0) is 29.8 Å². The number of rotatable bonds is 4. The lowest BCUT2D eigenvalue weighted by molar-refractivity contribution is -0.274. The van der Waals surface area contributed by atoms with E-state index in [1.807, 2.05) is 18.2 Å². The van der Waals surface area contributed by atoms with Crippen LogP contribution < -0.4 is 15.0 Å². The number of fused-ring (bicyclic) bond motifs is 1. The number of alkyl halides is 3. The SMILES string of the molecule is Cl.O=C1OC(Cc2ccc(OC(F)(F)F)cc2)c2ccc(N3CCNCC3)cc21. The second kappa shape index (κ2) is 8.51. The molecule has 0 aromatic heterocycles. The second-order valence-electron chi connectivity index (χ2n) is 6.80. The van der Waals surface area contributed by atoms with E-state index in [9.17, 15) is 18.0 Å². The maximum atomic E-state index is 12.3. The molecule has 0 bridgehead atoms. The van der Waals surface area contributed by atoms with Crippen LogP contribution in [0.4, 0.5) is 18.9 Å². The standard InChI is InChI=1S/C20H19F3N2O3.ClH/c21-20(22,23)28-15-4-1-13(2-5-15)11-18-16-6-3-14(12-17(16)19(26)27-18)25-9-7-24-8-10-25;/h1-6,12,18,24H,7-11H2;1H. The quantitative estimate of drug-likeness (QED) is 0.749. The summed E-state index contributed by atoms with van der Waals surface area (Å²) in [7, 11) is 0. The van der Waals surface area contributed by atoms with Crippen molar-refractivity contribution in [3.63, 3.8) is 0 Å². The molecule has 1 N–H and O–H groups in total. The van der Waals surface area contributed by atoms with E-state index in [1.54, 1.807) is 12.1 Å². The number of halogens is 4. The Morgan fingerprint density at radius 1 is 1.10 bits per heavy atom. The average Bonchev–Trinajstić information content (AvgIpc) is 2.98. The second-order valence-corrected chi connectivity index (χ2v) is 6.80. The molecule has 0 spiro atoms. The number of hydrogen-bond donors (Lipinski definition) is 1. The van der Waals surface area contributed by atoms with Crippen molar-refractivity contribution < 1.29 is 27.4 Å². The number of carbonyl (C=O) groups is 1. The van der Waals surface area contributed by atoms with Gasteiger partial charge in [0, 0.05) is 43.9 Å². The lowest BCUT2D eigenvalue weighted by atomic mass is 9.98. The smallest absolute Gasteiger partial charge is 0.454 e. The van der Waals surface area contributed by atoms with Crippen molar-refractivity contribution in [3.8, 4) is 5.75 Å². The normalized spacial score (nSPS) is 18.7. The van der Waals surface area contributed by atoms with Crippen LogP contribution in [0.15, 0.2) is 42.5 Å². The molecule has 2 heterocycles. The molecule has 1 atom stereocenters. The molecule has 1 fully saturated rings. The molecule has 2 aliphatic rings. The number of carbonyl (C=O) groups excluding carboxylic acids is 1. The highest BCUT2D eigenvalue weighted by atomic mass is 35.5. The largest absolute Gasteiger partial charge is 0.573 e. The molecule has 2 aliphatic heterocycles. The molecule has 2 aromatic rings. The molecule has 0 aliphatic carbocycles. The van der Waals surface area contributed by atoms with Crippen LogP contribution in [0.1, 0.15) is 27.6 Å². The maximum absolute atomic E-state index is 12.3. The molecule has 156 valence electrons. The highest BCUT2D eigenvalue weighted by molar-refractivity contribution is 5.95. The minimum atomic E-state index is -4.72. The zero-order valence-electron chi connectivity index (χ0n) is 15.4. The van der Waals surface area contributed by atoms with E-state index in [1.165, 1.54) is 12.1 Å². The minimum absolute atomic E-state index is 0. The van der Waals surface area contributed by atoms with Gasteiger partial charge >= 0.3 is 12.3 Å². The fraction of sp³-hybridized carbons (Fsp3) is 0.350. The monoisotopic (exact) mass is 428 g/mol. The molecule has 1 saturated heterocycles. The summed E-state index contributed by atoms with van der Waals surface area (Å²) in [5.74, 6) is -0.644. The number of ether oxygens (including phenoxy) is 2. The maximum Gasteiger partial charge on any atom is 0.573 e. The number of cyclic esters (lactones) is 1. The number of nitrogens with one attached hydrogen (secondary N) is 1. The van der Waals surface area contributed by atoms with E-state index >= 15 is 0 Å². The number of nitrogens with zero attached hydrogens (tertiary/aromatic N) is 1. The topological polar surface area (TPSA) is 50.8 Å². The Labute approximate surface area is 172 Å². The van der Waals surface area contributed by atoms with Crippen molar-refractivity contribution in [2.45, 2.75) is 18.9 Å². The van der Waals surface area contributed by atoms with Gasteiger partial charge in [0.1, 0.15) is 11.9 Å². The first-order valence-corrected chi connectivity index (χ1v) is 9.04. The van der Waals surface area contributed by atoms with Crippen LogP contribution in [-0.4, -0.2) is 38.5 Å². The number of piperazine rings is 1. The fourth-order valence-electron chi connectivity index (χ4n) is 3.57. The van der Waals surface area contributed by atoms with E-state index in [-0.39, 0.29) is 24.1 Å². The predicted molar refractivity (Wildman–Crippen MR) is 104 cm³/mol. The number of hydrogen-bond acceptors (Lipinski definition) is 5. The Balaban J connectivity index is 0.00000240. The molecule has 0 amide bonds. The van der Waals surface area contributed by atoms with Crippen molar-refractivity contribution in [1.29, 1.82) is 0 Å². The highest BCUT2D eigenvalue weighted by Crippen LogP contribution is 2.36. The number of anilines is 1. The van der Waals surface area contributed by atoms with E-state index < -0.39 is 12.5 Å². The van der Waals surface area contributed by atoms with Crippen molar-refractivity contribution in [1.82, 2.24) is 5.32 Å². The molecule has 0 radical (unpaired) electrons. The van der Waals surface area contributed by atoms with Gasteiger partial charge in [0.25, 0.3) is 0 Å². The van der Waals surface area contributed by atoms with Gasteiger partial charge in [0.2, 0.25) is 0 Å². The van der Waals surface area contributed by atoms with Crippen LogP contribution in [0.5, 0.6) is 5.75 Å². The van der Waals surface area contributed by atoms with Gasteiger partial charge in [0.05, 0.1) is 5.56 Å². The van der Waals surface area contributed by atoms with Gasteiger partial charge in [-0.15, -0.1) is 25.6 Å². The summed E-state index contributed by atoms with van der Waals surface area (Å²) >= 11 is 0. The van der Waals surface area contributed by atoms with Gasteiger partial charge in [-0.1, -0.05) is 18.2 Å². The van der Waals surface area contributed by atoms with Crippen molar-refractivity contribution in [2.24, 2.45) is 0 Å². The zero-order valence-corrected chi connectivity index (χ0v) is 16.2. The third-order valence-electron chi connectivity index (χ3n) is 4.91. The number of benzene rings is 2. The van der Waals surface area contributed by atoms with Crippen molar-refractivity contribution >= 4 is 24.1 Å². The Kier molecular flexibility index (Phi) is 6.24. The predicted octanol–water partition coefficient (Wildman–Crippen LogP) is 3.87. The fourth-order valence-corrected chi connectivity index (χ4v) is 3.57. The van der Waals surface area contributed by atoms with Gasteiger partial charge in [0.15, 0.2) is 0 Å². The summed E-state index contributed by atoms with van der Waals surface area (Å²) in [6.45, 7) is 3.56. The molecule has 1 unspecified atom stereocenters. The summed E-state index contributed by atoms with van der Waals surface area (Å²) < 4.78 is 46.2. The van der Waals surface area contributed by atoms with E-state index in [4.69, 9.17) is 4.74 Å². The van der Waals surface area contributed by atoms with Crippen LogP contribution >= 0.6 is 12.4 Å². The van der Waals surface area contributed by atoms with Gasteiger partial charge in [-0.2, -0.15) is 0 Å². The third-order valence-corrected chi connectivity index (χ3v) is 4.91. The lowest BCUT2D eigenvalue weighted by Gasteiger charge is -2.29. The number of esters is 1. The minimum Gasteiger partial charge on any atom is -0.454 e. The van der Waals surface area contributed by atoms with E-state index in [0.717, 1.165) is 43.0 Å². The molecule has 5 nitrogen and oxygen atoms in total. The Morgan fingerprint density at radius 3 is 2.45 bits per heavy atom. The van der Waals surface area contributed by atoms with Crippen LogP contribution in [0, 0.1) is 0 Å². The van der Waals surface area contributed by atoms with Gasteiger partial charge < -0.3 is 19.7 Å². The molecule has 2 aromatic carbocycles. The summed E-state index contributed by atoms with van der Waals surface area (Å²) in [4.78, 5) is 14.5. The molecule has 0 saturated carbocycles. The van der Waals surface area contributed by atoms with Crippen LogP contribution in [0.3, 0.4) is 0 Å². The van der Waals surface area contributed by atoms with Gasteiger partial charge in [-0.25, -0.2) is 4.79 Å². The first kappa shape index (κ1) is 21.3. The average molecular weight is 429 g/mol. The van der Waals surface area contributed by atoms with E-state index in [2.05, 4.69) is 15.0 Å². The Hall–Kier alpha value is -2.45. The third kappa shape index (κ3) is 4.94. The van der Waals surface area contributed by atoms with Crippen LogP contribution in [0.25, 0.3) is 0 Å². The van der Waals surface area contributed by atoms with Crippen LogP contribution in [-0.2, 0) is 11.2 Å². The first-order chi connectivity index (χ1) is 13.4. The summed E-state index contributed by atoms with van der Waals surface area (Å²) in [6, 6.07) is 11.4. The van der Waals surface area contributed by atoms with Crippen molar-refractivity contribution in [2.75, 3.05) is 31.1 Å². The summed E-state index contributed by atoms with van der Waals surface area (Å²) in [6.07, 6.45) is -4.78. The van der Waals surface area contributed by atoms with Crippen LogP contribution in [0.2, 0.25) is 0 Å². The molecule has 4 rings (SSSR count). The summed E-state index contributed by atoms with van der Waals surface area (Å²) in [5, 5.41) is 3.29. The molecular weight excluding hydrogens is 409 g/mol. The Morgan fingerprint density at radius 2 is 1.79 bits per heavy atom. The Bertz CT molecular complexity index is 868. The summed E-state index contributed by atoms with van der Waals surface area (Å²) in [5.41, 5.74) is 3.11. The van der Waals surface area contributed by atoms with Gasteiger partial charge in [-0.3, -0.25) is 0 Å². The lowest BCUT2D eigenvalue weighted by Crippen LogP contribution is -2.43. The van der Waals surface area contributed by atoms with E-state index in [0.29, 0.717) is 12.0 Å². The molecular formula is C20H20ClF3N2O3.